The number of hydrogen-bond acceptors (Lipinski definition) is 3. The number of nitrogens with one attached hydrogen (secondary N) is 1. The van der Waals surface area contributed by atoms with Crippen molar-refractivity contribution in [2.24, 2.45) is 5.92 Å². The van der Waals surface area contributed by atoms with Gasteiger partial charge in [0.25, 0.3) is 0 Å². The van der Waals surface area contributed by atoms with Crippen LogP contribution in [0.4, 0.5) is 4.79 Å². The Labute approximate surface area is 110 Å². The molecule has 0 saturated heterocycles. The lowest BCUT2D eigenvalue weighted by molar-refractivity contribution is -0.145. The van der Waals surface area contributed by atoms with Crippen molar-refractivity contribution < 1.29 is 24.6 Å². The zero-order valence-electron chi connectivity index (χ0n) is 10.5. The van der Waals surface area contributed by atoms with Crippen LogP contribution in [0.3, 0.4) is 0 Å². The fourth-order valence-corrected chi connectivity index (χ4v) is 1.97. The van der Waals surface area contributed by atoms with Crippen LogP contribution in [0.5, 0.6) is 0 Å². The number of hydrogen-bond donors (Lipinski definition) is 3. The van der Waals surface area contributed by atoms with E-state index in [9.17, 15) is 14.4 Å². The highest BCUT2D eigenvalue weighted by atomic mass is 16.4. The fraction of sp³-hybridized carbons (Fsp3) is 0.750. The predicted molar refractivity (Wildman–Crippen MR) is 64.7 cm³/mol. The molecule has 2 saturated carbocycles. The van der Waals surface area contributed by atoms with Crippen LogP contribution >= 0.6 is 0 Å². The van der Waals surface area contributed by atoms with Crippen LogP contribution in [-0.2, 0) is 9.59 Å². The molecule has 0 spiro atoms. The number of carboxylic acids is 2. The summed E-state index contributed by atoms with van der Waals surface area (Å²) in [6, 6.07) is -1.63. The average Bonchev–Trinajstić information content (AvgIpc) is 3.16. The number of urea groups is 1. The van der Waals surface area contributed by atoms with Crippen molar-refractivity contribution in [1.82, 2.24) is 10.2 Å². The number of amides is 2. The van der Waals surface area contributed by atoms with Gasteiger partial charge in [-0.25, -0.2) is 9.59 Å². The van der Waals surface area contributed by atoms with Gasteiger partial charge in [-0.1, -0.05) is 0 Å². The number of rotatable bonds is 7. The van der Waals surface area contributed by atoms with Crippen molar-refractivity contribution in [2.45, 2.75) is 44.2 Å². The largest absolute Gasteiger partial charge is 0.481 e. The second kappa shape index (κ2) is 5.46. The van der Waals surface area contributed by atoms with Gasteiger partial charge in [0.2, 0.25) is 0 Å². The molecule has 0 radical (unpaired) electrons. The molecule has 7 heteroatoms. The quantitative estimate of drug-likeness (QED) is 0.624. The smallest absolute Gasteiger partial charge is 0.326 e. The third kappa shape index (κ3) is 4.11. The monoisotopic (exact) mass is 270 g/mol. The molecule has 0 bridgehead atoms. The minimum atomic E-state index is -1.37. The van der Waals surface area contributed by atoms with Crippen molar-refractivity contribution in [3.8, 4) is 0 Å². The van der Waals surface area contributed by atoms with Crippen LogP contribution in [0.1, 0.15) is 32.1 Å². The molecule has 2 fully saturated rings. The average molecular weight is 270 g/mol. The Morgan fingerprint density at radius 2 is 1.79 bits per heavy atom. The molecule has 2 aliphatic carbocycles. The summed E-state index contributed by atoms with van der Waals surface area (Å²) >= 11 is 0. The second-order valence-corrected chi connectivity index (χ2v) is 5.27. The molecule has 0 aromatic carbocycles. The molecule has 2 amide bonds. The first kappa shape index (κ1) is 13.6. The van der Waals surface area contributed by atoms with Gasteiger partial charge >= 0.3 is 18.0 Å². The highest BCUT2D eigenvalue weighted by Crippen LogP contribution is 2.34. The molecule has 7 nitrogen and oxygen atoms in total. The highest BCUT2D eigenvalue weighted by molar-refractivity contribution is 5.86. The minimum Gasteiger partial charge on any atom is -0.481 e. The molecule has 0 aromatic heterocycles. The SMILES string of the molecule is O=C(O)C[C@@H](NC(=O)N(CC1CC1)C1CC1)C(=O)O. The Hall–Kier alpha value is -1.79. The normalized spacial score (nSPS) is 19.6. The molecule has 0 aliphatic heterocycles. The maximum Gasteiger partial charge on any atom is 0.326 e. The Bertz CT molecular complexity index is 390. The van der Waals surface area contributed by atoms with E-state index in [4.69, 9.17) is 10.2 Å². The van der Waals surface area contributed by atoms with Crippen molar-refractivity contribution in [2.75, 3.05) is 6.54 Å². The van der Waals surface area contributed by atoms with Gasteiger partial charge in [0.15, 0.2) is 0 Å². The minimum absolute atomic E-state index is 0.194. The van der Waals surface area contributed by atoms with Gasteiger partial charge in [-0.05, 0) is 31.6 Å². The number of carboxylic acid groups (broad SMARTS) is 2. The molecule has 0 heterocycles. The molecule has 0 aromatic rings. The van der Waals surface area contributed by atoms with E-state index < -0.39 is 30.4 Å². The van der Waals surface area contributed by atoms with Crippen LogP contribution in [0, 0.1) is 5.92 Å². The topological polar surface area (TPSA) is 107 Å². The maximum absolute atomic E-state index is 12.0. The first-order valence-corrected chi connectivity index (χ1v) is 6.49. The summed E-state index contributed by atoms with van der Waals surface area (Å²) in [5, 5.41) is 19.8. The number of nitrogens with zero attached hydrogens (tertiary/aromatic N) is 1. The van der Waals surface area contributed by atoms with Crippen LogP contribution in [0.25, 0.3) is 0 Å². The van der Waals surface area contributed by atoms with E-state index >= 15 is 0 Å². The third-order valence-electron chi connectivity index (χ3n) is 3.37. The van der Waals surface area contributed by atoms with Crippen LogP contribution in [0.2, 0.25) is 0 Å². The Kier molecular flexibility index (Phi) is 3.92. The Morgan fingerprint density at radius 1 is 1.16 bits per heavy atom. The summed E-state index contributed by atoms with van der Waals surface area (Å²) in [7, 11) is 0. The third-order valence-corrected chi connectivity index (χ3v) is 3.37. The first-order valence-electron chi connectivity index (χ1n) is 6.49. The summed E-state index contributed by atoms with van der Waals surface area (Å²) in [5.74, 6) is -2.04. The fourth-order valence-electron chi connectivity index (χ4n) is 1.97. The molecule has 2 aliphatic rings. The molecular weight excluding hydrogens is 252 g/mol. The lowest BCUT2D eigenvalue weighted by atomic mass is 10.2. The molecule has 1 atom stereocenters. The van der Waals surface area contributed by atoms with E-state index in [1.54, 1.807) is 4.90 Å². The summed E-state index contributed by atoms with van der Waals surface area (Å²) in [6.07, 6.45) is 3.48. The van der Waals surface area contributed by atoms with E-state index in [1.165, 1.54) is 0 Å². The second-order valence-electron chi connectivity index (χ2n) is 5.27. The van der Waals surface area contributed by atoms with E-state index in [1.807, 2.05) is 0 Å². The van der Waals surface area contributed by atoms with E-state index in [2.05, 4.69) is 5.32 Å². The lowest BCUT2D eigenvalue weighted by Gasteiger charge is -2.24. The molecule has 2 rings (SSSR count). The number of aliphatic carboxylic acids is 2. The standard InChI is InChI=1S/C12H18N2O5/c15-10(16)5-9(11(17)18)13-12(19)14(8-3-4-8)6-7-1-2-7/h7-9H,1-6H2,(H,13,19)(H,15,16)(H,17,18)/t9-/m1/s1. The summed E-state index contributed by atoms with van der Waals surface area (Å²) in [4.78, 5) is 35.2. The van der Waals surface area contributed by atoms with Crippen molar-refractivity contribution in [3.63, 3.8) is 0 Å². The zero-order chi connectivity index (χ0) is 14.0. The number of carbonyl (C=O) groups is 3. The van der Waals surface area contributed by atoms with Gasteiger partial charge in [-0.15, -0.1) is 0 Å². The maximum atomic E-state index is 12.0. The van der Waals surface area contributed by atoms with Gasteiger partial charge in [0, 0.05) is 12.6 Å². The van der Waals surface area contributed by atoms with Crippen LogP contribution in [-0.4, -0.2) is 51.7 Å². The summed E-state index contributed by atoms with van der Waals surface area (Å²) in [5.41, 5.74) is 0. The van der Waals surface area contributed by atoms with Crippen molar-refractivity contribution in [1.29, 1.82) is 0 Å². The summed E-state index contributed by atoms with van der Waals surface area (Å²) in [6.45, 7) is 0.649. The lowest BCUT2D eigenvalue weighted by Crippen LogP contribution is -2.50. The molecule has 106 valence electrons. The van der Waals surface area contributed by atoms with Gasteiger partial charge in [-0.3, -0.25) is 4.79 Å². The van der Waals surface area contributed by atoms with Crippen LogP contribution in [0.15, 0.2) is 0 Å². The Balaban J connectivity index is 1.91. The van der Waals surface area contributed by atoms with Gasteiger partial charge in [-0.2, -0.15) is 0 Å². The highest BCUT2D eigenvalue weighted by Gasteiger charge is 2.37. The van der Waals surface area contributed by atoms with Gasteiger partial charge in [0.1, 0.15) is 6.04 Å². The van der Waals surface area contributed by atoms with E-state index in [0.717, 1.165) is 25.7 Å². The zero-order valence-corrected chi connectivity index (χ0v) is 10.5. The van der Waals surface area contributed by atoms with E-state index in [-0.39, 0.29) is 6.04 Å². The first-order chi connectivity index (χ1) is 8.97. The molecule has 19 heavy (non-hydrogen) atoms. The van der Waals surface area contributed by atoms with Crippen molar-refractivity contribution >= 4 is 18.0 Å². The van der Waals surface area contributed by atoms with Gasteiger partial charge in [0.05, 0.1) is 6.42 Å². The molecule has 3 N–H and O–H groups in total. The molecular formula is C12H18N2O5. The molecule has 0 unspecified atom stereocenters. The van der Waals surface area contributed by atoms with Crippen LogP contribution < -0.4 is 5.32 Å². The summed E-state index contributed by atoms with van der Waals surface area (Å²) < 4.78 is 0. The predicted octanol–water partition coefficient (Wildman–Crippen LogP) is 0.498. The van der Waals surface area contributed by atoms with Gasteiger partial charge < -0.3 is 20.4 Å². The number of carbonyl (C=O) groups excluding carboxylic acids is 1. The van der Waals surface area contributed by atoms with Crippen molar-refractivity contribution in [3.05, 3.63) is 0 Å². The Morgan fingerprint density at radius 3 is 2.21 bits per heavy atom. The van der Waals surface area contributed by atoms with E-state index in [0.29, 0.717) is 12.5 Å².